The Morgan fingerprint density at radius 3 is 2.40 bits per heavy atom. The lowest BCUT2D eigenvalue weighted by atomic mass is 10.0. The van der Waals surface area contributed by atoms with Crippen molar-refractivity contribution in [3.8, 4) is 6.07 Å². The third-order valence-electron chi connectivity index (χ3n) is 1.88. The Bertz CT molecular complexity index is 421. The van der Waals surface area contributed by atoms with E-state index in [1.165, 1.54) is 0 Å². The molecule has 0 amide bonds. The van der Waals surface area contributed by atoms with Crippen LogP contribution >= 0.6 is 11.6 Å². The van der Waals surface area contributed by atoms with Gasteiger partial charge in [-0.1, -0.05) is 11.6 Å². The summed E-state index contributed by atoms with van der Waals surface area (Å²) in [6.07, 6.45) is -4.52. The Morgan fingerprint density at radius 2 is 2.00 bits per heavy atom. The molecular formula is C9H6ClF3N2. The van der Waals surface area contributed by atoms with E-state index >= 15 is 0 Å². The lowest BCUT2D eigenvalue weighted by Gasteiger charge is -2.13. The number of hydrogen-bond donors (Lipinski definition) is 1. The molecule has 1 aromatic rings. The normalized spacial score (nSPS) is 11.2. The number of halogens is 4. The Morgan fingerprint density at radius 1 is 1.40 bits per heavy atom. The third-order valence-corrected chi connectivity index (χ3v) is 2.20. The summed E-state index contributed by atoms with van der Waals surface area (Å²) < 4.78 is 37.4. The predicted octanol–water partition coefficient (Wildman–Crippen LogP) is 2.69. The zero-order valence-corrected chi connectivity index (χ0v) is 8.15. The van der Waals surface area contributed by atoms with Crippen molar-refractivity contribution in [1.29, 1.82) is 5.26 Å². The molecule has 1 rings (SSSR count). The average molecular weight is 235 g/mol. The molecule has 0 aromatic heterocycles. The zero-order valence-electron chi connectivity index (χ0n) is 7.40. The van der Waals surface area contributed by atoms with E-state index in [0.29, 0.717) is 0 Å². The van der Waals surface area contributed by atoms with Crippen molar-refractivity contribution in [1.82, 2.24) is 0 Å². The summed E-state index contributed by atoms with van der Waals surface area (Å²) >= 11 is 5.58. The van der Waals surface area contributed by atoms with Crippen LogP contribution in [0.2, 0.25) is 5.02 Å². The van der Waals surface area contributed by atoms with Crippen molar-refractivity contribution in [2.24, 2.45) is 5.73 Å². The second-order valence-corrected chi connectivity index (χ2v) is 3.17. The first-order valence-electron chi connectivity index (χ1n) is 3.90. The number of hydrogen-bond acceptors (Lipinski definition) is 2. The second kappa shape index (κ2) is 4.09. The molecule has 15 heavy (non-hydrogen) atoms. The fraction of sp³-hybridized carbons (Fsp3) is 0.222. The van der Waals surface area contributed by atoms with E-state index in [1.54, 1.807) is 6.07 Å². The van der Waals surface area contributed by atoms with Crippen LogP contribution in [-0.2, 0) is 12.7 Å². The second-order valence-electron chi connectivity index (χ2n) is 2.76. The van der Waals surface area contributed by atoms with Gasteiger partial charge in [-0.25, -0.2) is 0 Å². The molecule has 0 radical (unpaired) electrons. The Labute approximate surface area is 89.1 Å². The summed E-state index contributed by atoms with van der Waals surface area (Å²) in [4.78, 5) is 0. The lowest BCUT2D eigenvalue weighted by Crippen LogP contribution is -2.13. The fourth-order valence-electron chi connectivity index (χ4n) is 1.22. The van der Waals surface area contributed by atoms with Gasteiger partial charge < -0.3 is 5.73 Å². The van der Waals surface area contributed by atoms with Crippen LogP contribution in [0, 0.1) is 11.3 Å². The zero-order chi connectivity index (χ0) is 11.6. The van der Waals surface area contributed by atoms with E-state index in [4.69, 9.17) is 22.6 Å². The third kappa shape index (κ3) is 2.22. The molecule has 0 bridgehead atoms. The molecule has 0 unspecified atom stereocenters. The molecule has 2 nitrogen and oxygen atoms in total. The SMILES string of the molecule is N#Cc1c(Cl)ccc(C(F)(F)F)c1CN. The molecule has 0 atom stereocenters. The highest BCUT2D eigenvalue weighted by molar-refractivity contribution is 6.31. The number of nitrogens with zero attached hydrogens (tertiary/aromatic N) is 1. The van der Waals surface area contributed by atoms with E-state index in [2.05, 4.69) is 0 Å². The summed E-state index contributed by atoms with van der Waals surface area (Å²) in [6.45, 7) is -0.377. The standard InChI is InChI=1S/C9H6ClF3N2/c10-8-2-1-7(9(11,12)13)5(3-14)6(8)4-15/h1-2H,3,14H2. The van der Waals surface area contributed by atoms with Gasteiger partial charge in [0.05, 0.1) is 16.1 Å². The highest BCUT2D eigenvalue weighted by atomic mass is 35.5. The van der Waals surface area contributed by atoms with E-state index < -0.39 is 11.7 Å². The largest absolute Gasteiger partial charge is 0.416 e. The lowest BCUT2D eigenvalue weighted by molar-refractivity contribution is -0.138. The maximum atomic E-state index is 12.5. The first-order chi connectivity index (χ1) is 6.91. The first kappa shape index (κ1) is 11.8. The first-order valence-corrected chi connectivity index (χ1v) is 4.28. The monoisotopic (exact) mass is 234 g/mol. The maximum absolute atomic E-state index is 12.5. The van der Waals surface area contributed by atoms with Gasteiger partial charge >= 0.3 is 6.18 Å². The average Bonchev–Trinajstić information content (AvgIpc) is 2.15. The van der Waals surface area contributed by atoms with Crippen molar-refractivity contribution >= 4 is 11.6 Å². The van der Waals surface area contributed by atoms with Crippen LogP contribution < -0.4 is 5.73 Å². The number of alkyl halides is 3. The molecule has 1 aromatic carbocycles. The van der Waals surface area contributed by atoms with Crippen LogP contribution in [0.1, 0.15) is 16.7 Å². The minimum absolute atomic E-state index is 0.0223. The molecule has 0 aliphatic carbocycles. The van der Waals surface area contributed by atoms with E-state index in [1.807, 2.05) is 0 Å². The minimum atomic E-state index is -4.52. The Balaban J connectivity index is 3.51. The van der Waals surface area contributed by atoms with Crippen LogP contribution in [0.3, 0.4) is 0 Å². The quantitative estimate of drug-likeness (QED) is 0.812. The molecule has 0 saturated heterocycles. The van der Waals surface area contributed by atoms with Crippen molar-refractivity contribution < 1.29 is 13.2 Å². The summed E-state index contributed by atoms with van der Waals surface area (Å²) in [5.41, 5.74) is 3.79. The number of benzene rings is 1. The Kier molecular flexibility index (Phi) is 3.22. The van der Waals surface area contributed by atoms with Gasteiger partial charge in [0.25, 0.3) is 0 Å². The summed E-state index contributed by atoms with van der Waals surface area (Å²) in [5.74, 6) is 0. The van der Waals surface area contributed by atoms with Crippen LogP contribution in [0.25, 0.3) is 0 Å². The van der Waals surface area contributed by atoms with Crippen LogP contribution in [-0.4, -0.2) is 0 Å². The van der Waals surface area contributed by atoms with Gasteiger partial charge in [0.1, 0.15) is 6.07 Å². The molecule has 2 N–H and O–H groups in total. The maximum Gasteiger partial charge on any atom is 0.416 e. The smallest absolute Gasteiger partial charge is 0.326 e. The van der Waals surface area contributed by atoms with Gasteiger partial charge in [-0.05, 0) is 17.7 Å². The summed E-state index contributed by atoms with van der Waals surface area (Å²) in [7, 11) is 0. The van der Waals surface area contributed by atoms with Crippen LogP contribution in [0.5, 0.6) is 0 Å². The topological polar surface area (TPSA) is 49.8 Å². The van der Waals surface area contributed by atoms with E-state index in [-0.39, 0.29) is 22.7 Å². The van der Waals surface area contributed by atoms with Gasteiger partial charge in [0, 0.05) is 6.54 Å². The van der Waals surface area contributed by atoms with Crippen molar-refractivity contribution in [2.45, 2.75) is 12.7 Å². The van der Waals surface area contributed by atoms with Crippen molar-refractivity contribution in [3.63, 3.8) is 0 Å². The molecule has 80 valence electrons. The van der Waals surface area contributed by atoms with E-state index in [0.717, 1.165) is 12.1 Å². The number of rotatable bonds is 1. The van der Waals surface area contributed by atoms with E-state index in [9.17, 15) is 13.2 Å². The fourth-order valence-corrected chi connectivity index (χ4v) is 1.44. The summed E-state index contributed by atoms with van der Waals surface area (Å²) in [6, 6.07) is 3.48. The van der Waals surface area contributed by atoms with Gasteiger partial charge in [-0.2, -0.15) is 18.4 Å². The number of nitriles is 1. The highest BCUT2D eigenvalue weighted by Crippen LogP contribution is 2.35. The molecule has 0 aliphatic heterocycles. The van der Waals surface area contributed by atoms with Crippen molar-refractivity contribution in [3.05, 3.63) is 33.8 Å². The van der Waals surface area contributed by atoms with Gasteiger partial charge in [-0.3, -0.25) is 0 Å². The molecule has 0 aliphatic rings. The molecular weight excluding hydrogens is 229 g/mol. The predicted molar refractivity (Wildman–Crippen MR) is 49.1 cm³/mol. The molecule has 0 heterocycles. The molecule has 0 saturated carbocycles. The minimum Gasteiger partial charge on any atom is -0.326 e. The highest BCUT2D eigenvalue weighted by Gasteiger charge is 2.34. The van der Waals surface area contributed by atoms with Crippen molar-refractivity contribution in [2.75, 3.05) is 0 Å². The van der Waals surface area contributed by atoms with Crippen LogP contribution in [0.4, 0.5) is 13.2 Å². The van der Waals surface area contributed by atoms with Gasteiger partial charge in [-0.15, -0.1) is 0 Å². The van der Waals surface area contributed by atoms with Gasteiger partial charge in [0.2, 0.25) is 0 Å². The number of nitrogens with two attached hydrogens (primary N) is 1. The summed E-state index contributed by atoms with van der Waals surface area (Å²) in [5, 5.41) is 8.64. The van der Waals surface area contributed by atoms with Crippen LogP contribution in [0.15, 0.2) is 12.1 Å². The Hall–Kier alpha value is -1.25. The van der Waals surface area contributed by atoms with Gasteiger partial charge in [0.15, 0.2) is 0 Å². The molecule has 6 heteroatoms. The molecule has 0 fully saturated rings. The molecule has 0 spiro atoms.